The molecule has 2 atom stereocenters. The summed E-state index contributed by atoms with van der Waals surface area (Å²) in [6, 6.07) is 5.89. The van der Waals surface area contributed by atoms with E-state index >= 15 is 0 Å². The fourth-order valence-electron chi connectivity index (χ4n) is 3.56. The van der Waals surface area contributed by atoms with Crippen LogP contribution in [0.15, 0.2) is 24.3 Å². The number of hydrogen-bond acceptors (Lipinski definition) is 3. The number of carbonyl (C=O) groups is 3. The van der Waals surface area contributed by atoms with Crippen LogP contribution in [-0.4, -0.2) is 29.2 Å². The normalized spacial score (nSPS) is 23.3. The fourth-order valence-corrected chi connectivity index (χ4v) is 3.56. The quantitative estimate of drug-likeness (QED) is 0.839. The number of halogens is 1. The lowest BCUT2D eigenvalue weighted by molar-refractivity contribution is -0.140. The van der Waals surface area contributed by atoms with Gasteiger partial charge in [0.15, 0.2) is 0 Å². The van der Waals surface area contributed by atoms with Crippen molar-refractivity contribution in [2.24, 2.45) is 11.8 Å². The summed E-state index contributed by atoms with van der Waals surface area (Å²) in [5.74, 6) is -1.12. The van der Waals surface area contributed by atoms with Gasteiger partial charge in [-0.1, -0.05) is 25.0 Å². The van der Waals surface area contributed by atoms with Crippen molar-refractivity contribution in [2.75, 3.05) is 6.54 Å². The molecular formula is C18H21FN2O3. The van der Waals surface area contributed by atoms with Crippen LogP contribution in [0.3, 0.4) is 0 Å². The van der Waals surface area contributed by atoms with Crippen LogP contribution >= 0.6 is 0 Å². The number of amides is 3. The van der Waals surface area contributed by atoms with E-state index in [0.717, 1.165) is 31.2 Å². The first kappa shape index (κ1) is 16.6. The summed E-state index contributed by atoms with van der Waals surface area (Å²) >= 11 is 0. The fraction of sp³-hybridized carbons (Fsp3) is 0.500. The maximum absolute atomic E-state index is 12.8. The van der Waals surface area contributed by atoms with E-state index in [1.54, 1.807) is 12.1 Å². The number of carbonyl (C=O) groups excluding carboxylic acids is 3. The minimum atomic E-state index is -0.322. The molecule has 5 nitrogen and oxygen atoms in total. The predicted molar refractivity (Wildman–Crippen MR) is 85.0 cm³/mol. The maximum Gasteiger partial charge on any atom is 0.233 e. The van der Waals surface area contributed by atoms with Crippen LogP contribution in [0.5, 0.6) is 0 Å². The van der Waals surface area contributed by atoms with Gasteiger partial charge in [-0.25, -0.2) is 4.39 Å². The van der Waals surface area contributed by atoms with E-state index in [2.05, 4.69) is 5.32 Å². The molecule has 0 spiro atoms. The van der Waals surface area contributed by atoms with Crippen LogP contribution in [-0.2, 0) is 20.9 Å². The molecule has 1 aromatic carbocycles. The highest BCUT2D eigenvalue weighted by Gasteiger charge is 2.47. The first-order chi connectivity index (χ1) is 11.6. The molecule has 1 N–H and O–H groups in total. The number of hydrogen-bond donors (Lipinski definition) is 1. The lowest BCUT2D eigenvalue weighted by Crippen LogP contribution is -2.35. The Kier molecular flexibility index (Phi) is 4.92. The van der Waals surface area contributed by atoms with Gasteiger partial charge in [0.1, 0.15) is 5.82 Å². The standard InChI is InChI=1S/C18H21FN2O3/c19-13-7-5-12(6-8-13)11-20-16(22)9-10-21-17(23)14-3-1-2-4-15(14)18(21)24/h5-8,14-15H,1-4,9-11H2,(H,20,22)/t14-,15-/m0/s1. The summed E-state index contributed by atoms with van der Waals surface area (Å²) in [5, 5.41) is 2.72. The van der Waals surface area contributed by atoms with Crippen molar-refractivity contribution < 1.29 is 18.8 Å². The minimum absolute atomic E-state index is 0.0954. The smallest absolute Gasteiger partial charge is 0.233 e. The molecule has 2 aliphatic rings. The molecule has 0 aromatic heterocycles. The maximum atomic E-state index is 12.8. The molecule has 0 unspecified atom stereocenters. The summed E-state index contributed by atoms with van der Waals surface area (Å²) in [6.45, 7) is 0.437. The predicted octanol–water partition coefficient (Wildman–Crippen LogP) is 2.01. The Morgan fingerprint density at radius 1 is 1.08 bits per heavy atom. The highest BCUT2D eigenvalue weighted by atomic mass is 19.1. The largest absolute Gasteiger partial charge is 0.352 e. The lowest BCUT2D eigenvalue weighted by atomic mass is 9.81. The van der Waals surface area contributed by atoms with Gasteiger partial charge in [0.05, 0.1) is 11.8 Å². The van der Waals surface area contributed by atoms with Crippen LogP contribution in [0.25, 0.3) is 0 Å². The topological polar surface area (TPSA) is 66.5 Å². The average molecular weight is 332 g/mol. The molecule has 1 aliphatic carbocycles. The highest BCUT2D eigenvalue weighted by molar-refractivity contribution is 6.05. The molecule has 1 aromatic rings. The summed E-state index contributed by atoms with van der Waals surface area (Å²) in [6.07, 6.45) is 3.64. The van der Waals surface area contributed by atoms with Crippen LogP contribution in [0.2, 0.25) is 0 Å². The number of benzene rings is 1. The van der Waals surface area contributed by atoms with Crippen molar-refractivity contribution in [3.8, 4) is 0 Å². The zero-order valence-corrected chi connectivity index (χ0v) is 13.5. The lowest BCUT2D eigenvalue weighted by Gasteiger charge is -2.19. The van der Waals surface area contributed by atoms with Crippen LogP contribution in [0.1, 0.15) is 37.7 Å². The molecule has 24 heavy (non-hydrogen) atoms. The molecule has 1 saturated heterocycles. The van der Waals surface area contributed by atoms with E-state index in [1.165, 1.54) is 17.0 Å². The Balaban J connectivity index is 1.48. The van der Waals surface area contributed by atoms with Crippen LogP contribution in [0.4, 0.5) is 4.39 Å². The number of nitrogens with zero attached hydrogens (tertiary/aromatic N) is 1. The SMILES string of the molecule is O=C(CCN1C(=O)[C@H]2CCCC[C@@H]2C1=O)NCc1ccc(F)cc1. The summed E-state index contributed by atoms with van der Waals surface area (Å²) < 4.78 is 12.8. The van der Waals surface area contributed by atoms with Gasteiger partial charge in [-0.05, 0) is 30.5 Å². The highest BCUT2D eigenvalue weighted by Crippen LogP contribution is 2.37. The summed E-state index contributed by atoms with van der Waals surface area (Å²) in [5.41, 5.74) is 0.795. The third-order valence-corrected chi connectivity index (χ3v) is 4.90. The number of likely N-dealkylation sites (tertiary alicyclic amines) is 1. The monoisotopic (exact) mass is 332 g/mol. The van der Waals surface area contributed by atoms with E-state index in [-0.39, 0.29) is 48.3 Å². The van der Waals surface area contributed by atoms with E-state index in [9.17, 15) is 18.8 Å². The number of nitrogens with one attached hydrogen (secondary N) is 1. The van der Waals surface area contributed by atoms with E-state index < -0.39 is 0 Å². The Morgan fingerprint density at radius 3 is 2.25 bits per heavy atom. The first-order valence-corrected chi connectivity index (χ1v) is 8.42. The molecular weight excluding hydrogens is 311 g/mol. The molecule has 2 fully saturated rings. The molecule has 0 radical (unpaired) electrons. The van der Waals surface area contributed by atoms with Gasteiger partial charge in [0.25, 0.3) is 0 Å². The van der Waals surface area contributed by atoms with Gasteiger partial charge in [-0.15, -0.1) is 0 Å². The minimum Gasteiger partial charge on any atom is -0.352 e. The van der Waals surface area contributed by atoms with Crippen LogP contribution in [0, 0.1) is 17.7 Å². The summed E-state index contributed by atoms with van der Waals surface area (Å²) in [7, 11) is 0. The van der Waals surface area contributed by atoms with Crippen molar-refractivity contribution in [3.05, 3.63) is 35.6 Å². The van der Waals surface area contributed by atoms with Crippen molar-refractivity contribution in [1.82, 2.24) is 10.2 Å². The Morgan fingerprint density at radius 2 is 1.67 bits per heavy atom. The first-order valence-electron chi connectivity index (χ1n) is 8.42. The summed E-state index contributed by atoms with van der Waals surface area (Å²) in [4.78, 5) is 37.8. The third kappa shape index (κ3) is 3.47. The molecule has 128 valence electrons. The van der Waals surface area contributed by atoms with Crippen LogP contribution < -0.4 is 5.32 Å². The van der Waals surface area contributed by atoms with Gasteiger partial charge in [-0.2, -0.15) is 0 Å². The number of rotatable bonds is 5. The molecule has 1 saturated carbocycles. The average Bonchev–Trinajstić information content (AvgIpc) is 2.84. The molecule has 3 rings (SSSR count). The molecule has 1 heterocycles. The van der Waals surface area contributed by atoms with Crippen molar-refractivity contribution in [3.63, 3.8) is 0 Å². The zero-order chi connectivity index (χ0) is 17.1. The second kappa shape index (κ2) is 7.11. The Hall–Kier alpha value is -2.24. The van der Waals surface area contributed by atoms with Crippen molar-refractivity contribution >= 4 is 17.7 Å². The number of imide groups is 1. The van der Waals surface area contributed by atoms with Gasteiger partial charge < -0.3 is 5.32 Å². The third-order valence-electron chi connectivity index (χ3n) is 4.90. The van der Waals surface area contributed by atoms with E-state index in [4.69, 9.17) is 0 Å². The Bertz CT molecular complexity index is 620. The van der Waals surface area contributed by atoms with E-state index in [1.807, 2.05) is 0 Å². The molecule has 0 bridgehead atoms. The van der Waals surface area contributed by atoms with Gasteiger partial charge in [0.2, 0.25) is 17.7 Å². The van der Waals surface area contributed by atoms with Gasteiger partial charge >= 0.3 is 0 Å². The van der Waals surface area contributed by atoms with E-state index in [0.29, 0.717) is 6.54 Å². The van der Waals surface area contributed by atoms with Gasteiger partial charge in [-0.3, -0.25) is 19.3 Å². The second-order valence-electron chi connectivity index (χ2n) is 6.48. The van der Waals surface area contributed by atoms with Crippen molar-refractivity contribution in [2.45, 2.75) is 38.6 Å². The second-order valence-corrected chi connectivity index (χ2v) is 6.48. The molecule has 1 aliphatic heterocycles. The molecule has 3 amide bonds. The number of fused-ring (bicyclic) bond motifs is 1. The van der Waals surface area contributed by atoms with Gasteiger partial charge in [0, 0.05) is 19.5 Å². The molecule has 6 heteroatoms. The van der Waals surface area contributed by atoms with Crippen molar-refractivity contribution in [1.29, 1.82) is 0 Å². The zero-order valence-electron chi connectivity index (χ0n) is 13.5. The Labute approximate surface area is 140 Å².